The molecule has 142 valence electrons. The average Bonchev–Trinajstić information content (AvgIpc) is 3.01. The molecule has 4 nitrogen and oxygen atoms in total. The molecule has 1 aromatic carbocycles. The molecule has 4 atom stereocenters. The Morgan fingerprint density at radius 3 is 2.59 bits per heavy atom. The Bertz CT molecular complexity index is 867. The van der Waals surface area contributed by atoms with Crippen LogP contribution in [0.2, 0.25) is 0 Å². The highest BCUT2D eigenvalue weighted by Gasteiger charge is 2.57. The van der Waals surface area contributed by atoms with Gasteiger partial charge < -0.3 is 9.15 Å². The van der Waals surface area contributed by atoms with E-state index in [0.717, 1.165) is 36.5 Å². The standard InChI is InChI=1S/C22H23BrO4/c23-22-9-14-5-15(10-22)8-21(7-14,13-22)11-20(25)26-12-17(24)19-6-16-3-1-2-4-18(16)27-19/h1-4,6,14-15H,5,7-13H2/t14-,15+,21?,22?. The number of fused-ring (bicyclic) bond motifs is 1. The molecule has 4 bridgehead atoms. The maximum Gasteiger partial charge on any atom is 0.306 e. The van der Waals surface area contributed by atoms with Gasteiger partial charge in [0.25, 0.3) is 0 Å². The van der Waals surface area contributed by atoms with Crippen LogP contribution >= 0.6 is 15.9 Å². The Balaban J connectivity index is 1.22. The highest BCUT2D eigenvalue weighted by atomic mass is 79.9. The molecule has 4 fully saturated rings. The van der Waals surface area contributed by atoms with E-state index in [1.165, 1.54) is 19.3 Å². The fourth-order valence-electron chi connectivity index (χ4n) is 6.24. The van der Waals surface area contributed by atoms with Crippen LogP contribution in [0.1, 0.15) is 55.5 Å². The quantitative estimate of drug-likeness (QED) is 0.367. The summed E-state index contributed by atoms with van der Waals surface area (Å²) >= 11 is 3.97. The Labute approximate surface area is 166 Å². The number of hydrogen-bond donors (Lipinski definition) is 0. The molecular formula is C22H23BrO4. The summed E-state index contributed by atoms with van der Waals surface area (Å²) in [6, 6.07) is 9.18. The van der Waals surface area contributed by atoms with E-state index in [9.17, 15) is 9.59 Å². The molecule has 4 aliphatic rings. The number of rotatable bonds is 5. The molecule has 5 heteroatoms. The van der Waals surface area contributed by atoms with Crippen molar-refractivity contribution in [1.82, 2.24) is 0 Å². The second kappa shape index (κ2) is 6.20. The number of carbonyl (C=O) groups excluding carboxylic acids is 2. The number of esters is 1. The molecule has 0 radical (unpaired) electrons. The Kier molecular flexibility index (Phi) is 4.01. The number of furan rings is 1. The molecule has 0 N–H and O–H groups in total. The van der Waals surface area contributed by atoms with Gasteiger partial charge in [-0.25, -0.2) is 0 Å². The van der Waals surface area contributed by atoms with Crippen molar-refractivity contribution in [3.63, 3.8) is 0 Å². The zero-order valence-corrected chi connectivity index (χ0v) is 16.8. The maximum atomic E-state index is 12.5. The smallest absolute Gasteiger partial charge is 0.306 e. The minimum Gasteiger partial charge on any atom is -0.457 e. The molecule has 1 aromatic heterocycles. The Morgan fingerprint density at radius 1 is 1.15 bits per heavy atom. The first-order chi connectivity index (χ1) is 12.9. The van der Waals surface area contributed by atoms with E-state index < -0.39 is 0 Å². The molecule has 4 saturated carbocycles. The highest BCUT2D eigenvalue weighted by molar-refractivity contribution is 9.10. The van der Waals surface area contributed by atoms with Crippen molar-refractivity contribution in [2.24, 2.45) is 17.3 Å². The average molecular weight is 431 g/mol. The van der Waals surface area contributed by atoms with Crippen molar-refractivity contribution >= 4 is 38.7 Å². The third-order valence-electron chi connectivity index (χ3n) is 6.69. The molecule has 0 spiro atoms. The topological polar surface area (TPSA) is 56.5 Å². The lowest BCUT2D eigenvalue weighted by Gasteiger charge is -2.60. The van der Waals surface area contributed by atoms with E-state index in [1.54, 1.807) is 6.07 Å². The minimum atomic E-state index is -0.290. The number of ketones is 1. The van der Waals surface area contributed by atoms with E-state index in [0.29, 0.717) is 12.0 Å². The number of para-hydroxylation sites is 1. The molecule has 2 unspecified atom stereocenters. The van der Waals surface area contributed by atoms with Gasteiger partial charge in [-0.1, -0.05) is 34.1 Å². The van der Waals surface area contributed by atoms with Crippen LogP contribution in [0.4, 0.5) is 0 Å². The second-order valence-electron chi connectivity index (χ2n) is 9.02. The molecule has 1 heterocycles. The third-order valence-corrected chi connectivity index (χ3v) is 7.62. The van der Waals surface area contributed by atoms with Crippen molar-refractivity contribution in [1.29, 1.82) is 0 Å². The number of alkyl halides is 1. The third kappa shape index (κ3) is 3.24. The predicted molar refractivity (Wildman–Crippen MR) is 105 cm³/mol. The van der Waals surface area contributed by atoms with Gasteiger partial charge in [0.2, 0.25) is 5.78 Å². The van der Waals surface area contributed by atoms with Gasteiger partial charge >= 0.3 is 5.97 Å². The molecule has 4 aliphatic carbocycles. The van der Waals surface area contributed by atoms with Crippen LogP contribution in [0.5, 0.6) is 0 Å². The van der Waals surface area contributed by atoms with E-state index in [2.05, 4.69) is 15.9 Å². The maximum absolute atomic E-state index is 12.5. The fourth-order valence-corrected chi connectivity index (χ4v) is 7.75. The van der Waals surface area contributed by atoms with Crippen LogP contribution in [0.25, 0.3) is 11.0 Å². The molecular weight excluding hydrogens is 408 g/mol. The minimum absolute atomic E-state index is 0.0626. The van der Waals surface area contributed by atoms with Crippen molar-refractivity contribution in [2.45, 2.75) is 49.3 Å². The van der Waals surface area contributed by atoms with E-state index >= 15 is 0 Å². The van der Waals surface area contributed by atoms with Crippen molar-refractivity contribution in [2.75, 3.05) is 6.61 Å². The summed E-state index contributed by atoms with van der Waals surface area (Å²) < 4.78 is 11.1. The number of benzene rings is 1. The monoisotopic (exact) mass is 430 g/mol. The normalized spacial score (nSPS) is 34.1. The summed E-state index contributed by atoms with van der Waals surface area (Å²) in [5.41, 5.74) is 0.732. The van der Waals surface area contributed by atoms with Gasteiger partial charge in [0.15, 0.2) is 12.4 Å². The largest absolute Gasteiger partial charge is 0.457 e. The van der Waals surface area contributed by atoms with Gasteiger partial charge in [-0.15, -0.1) is 0 Å². The van der Waals surface area contributed by atoms with E-state index in [1.807, 2.05) is 24.3 Å². The van der Waals surface area contributed by atoms with Crippen LogP contribution < -0.4 is 0 Å². The SMILES string of the molecule is O=C(CC12C[C@@H]3C[C@@H](CC(Br)(C3)C1)C2)OCC(=O)c1cc2ccccc2o1. The molecule has 2 aromatic rings. The summed E-state index contributed by atoms with van der Waals surface area (Å²) in [5.74, 6) is 1.17. The summed E-state index contributed by atoms with van der Waals surface area (Å²) in [6.07, 6.45) is 7.54. The van der Waals surface area contributed by atoms with Crippen molar-refractivity contribution < 1.29 is 18.7 Å². The van der Waals surface area contributed by atoms with E-state index in [-0.39, 0.29) is 33.9 Å². The van der Waals surface area contributed by atoms with Crippen LogP contribution in [-0.4, -0.2) is 22.7 Å². The first-order valence-electron chi connectivity index (χ1n) is 9.78. The Hall–Kier alpha value is -1.62. The van der Waals surface area contributed by atoms with Crippen LogP contribution in [-0.2, 0) is 9.53 Å². The lowest BCUT2D eigenvalue weighted by molar-refractivity contribution is -0.149. The van der Waals surface area contributed by atoms with Crippen molar-refractivity contribution in [3.8, 4) is 0 Å². The molecule has 0 saturated heterocycles. The number of halogens is 1. The zero-order chi connectivity index (χ0) is 18.6. The van der Waals surface area contributed by atoms with Crippen molar-refractivity contribution in [3.05, 3.63) is 36.1 Å². The predicted octanol–water partition coefficient (Wildman–Crippen LogP) is 5.28. The molecule has 0 aliphatic heterocycles. The van der Waals surface area contributed by atoms with Gasteiger partial charge in [-0.3, -0.25) is 9.59 Å². The number of carbonyl (C=O) groups is 2. The number of ether oxygens (including phenoxy) is 1. The summed E-state index contributed by atoms with van der Waals surface area (Å²) in [7, 11) is 0. The van der Waals surface area contributed by atoms with Crippen LogP contribution in [0.3, 0.4) is 0 Å². The molecule has 0 amide bonds. The Morgan fingerprint density at radius 2 is 1.89 bits per heavy atom. The summed E-state index contributed by atoms with van der Waals surface area (Å²) in [6.45, 7) is -0.249. The first kappa shape index (κ1) is 17.5. The fraction of sp³-hybridized carbons (Fsp3) is 0.545. The van der Waals surface area contributed by atoms with Gasteiger partial charge in [-0.2, -0.15) is 0 Å². The lowest BCUT2D eigenvalue weighted by Crippen LogP contribution is -2.53. The summed E-state index contributed by atoms with van der Waals surface area (Å²) in [4.78, 5) is 24.9. The second-order valence-corrected chi connectivity index (χ2v) is 10.7. The van der Waals surface area contributed by atoms with Gasteiger partial charge in [-0.05, 0) is 67.9 Å². The molecule has 6 rings (SSSR count). The highest BCUT2D eigenvalue weighted by Crippen LogP contribution is 2.65. The van der Waals surface area contributed by atoms with Gasteiger partial charge in [0.1, 0.15) is 5.58 Å². The first-order valence-corrected chi connectivity index (χ1v) is 10.6. The van der Waals surface area contributed by atoms with Crippen LogP contribution in [0, 0.1) is 17.3 Å². The molecule has 27 heavy (non-hydrogen) atoms. The lowest BCUT2D eigenvalue weighted by atomic mass is 9.49. The van der Waals surface area contributed by atoms with Gasteiger partial charge in [0, 0.05) is 9.71 Å². The zero-order valence-electron chi connectivity index (χ0n) is 15.2. The van der Waals surface area contributed by atoms with Gasteiger partial charge in [0.05, 0.1) is 6.42 Å². The number of Topliss-reactive ketones (excluding diaryl/α,β-unsaturated/α-hetero) is 1. The van der Waals surface area contributed by atoms with Crippen LogP contribution in [0.15, 0.2) is 34.7 Å². The number of hydrogen-bond acceptors (Lipinski definition) is 4. The summed E-state index contributed by atoms with van der Waals surface area (Å²) in [5, 5.41) is 0.878. The van der Waals surface area contributed by atoms with E-state index in [4.69, 9.17) is 9.15 Å².